The second kappa shape index (κ2) is 8.69. The Bertz CT molecular complexity index is 1620. The number of hydrogen-bond acceptors (Lipinski definition) is 7. The van der Waals surface area contributed by atoms with Gasteiger partial charge in [-0.25, -0.2) is 0 Å². The Kier molecular flexibility index (Phi) is 5.23. The van der Waals surface area contributed by atoms with Crippen LogP contribution in [0.1, 0.15) is 0 Å². The zero-order valence-electron chi connectivity index (χ0n) is 19.3. The van der Waals surface area contributed by atoms with E-state index in [-0.39, 0.29) is 0 Å². The van der Waals surface area contributed by atoms with Gasteiger partial charge in [-0.05, 0) is 38.4 Å². The second-order valence-corrected chi connectivity index (χ2v) is 8.59. The lowest BCUT2D eigenvalue weighted by atomic mass is 10.1. The smallest absolute Gasteiger partial charge is 0.138 e. The highest BCUT2D eigenvalue weighted by Gasteiger charge is 2.15. The number of fused-ring (bicyclic) bond motifs is 2. The van der Waals surface area contributed by atoms with E-state index in [1.807, 2.05) is 44.7 Å². The third-order valence-electron chi connectivity index (χ3n) is 5.90. The first-order chi connectivity index (χ1) is 17.2. The van der Waals surface area contributed by atoms with Crippen LogP contribution in [0.2, 0.25) is 0 Å². The topological polar surface area (TPSA) is 109 Å². The first-order valence-electron chi connectivity index (χ1n) is 11.2. The molecule has 0 radical (unpaired) electrons. The van der Waals surface area contributed by atoms with Crippen LogP contribution in [0.5, 0.6) is 5.75 Å². The summed E-state index contributed by atoms with van der Waals surface area (Å²) in [6.07, 6.45) is 12.3. The number of nitrogens with one attached hydrogen (secondary N) is 2. The standard InChI is InChI=1S/C26H23N7O2/c1-33(2)4-6-35-18-7-17(10-27-11-18)22-9-20-25(14-29-22)31-32-26(20)23-8-19-21(16-3-5-34-15-16)12-28-13-24(19)30-23/h3,5,7-15,30H,4,6H2,1-2H3,(H,31,32). The number of pyridine rings is 3. The van der Waals surface area contributed by atoms with Gasteiger partial charge in [-0.2, -0.15) is 5.10 Å². The van der Waals surface area contributed by atoms with Crippen molar-refractivity contribution in [2.24, 2.45) is 0 Å². The van der Waals surface area contributed by atoms with Gasteiger partial charge >= 0.3 is 0 Å². The van der Waals surface area contributed by atoms with Crippen LogP contribution in [0.3, 0.4) is 0 Å². The fraction of sp³-hybridized carbons (Fsp3) is 0.154. The molecule has 0 fully saturated rings. The first kappa shape index (κ1) is 21.1. The molecule has 0 aliphatic heterocycles. The van der Waals surface area contributed by atoms with E-state index in [1.165, 1.54) is 0 Å². The van der Waals surface area contributed by atoms with Crippen LogP contribution in [-0.2, 0) is 0 Å². The molecular weight excluding hydrogens is 442 g/mol. The van der Waals surface area contributed by atoms with E-state index in [9.17, 15) is 0 Å². The van der Waals surface area contributed by atoms with Gasteiger partial charge in [0, 0.05) is 46.4 Å². The Balaban J connectivity index is 1.38. The maximum atomic E-state index is 5.85. The minimum Gasteiger partial charge on any atom is -0.491 e. The van der Waals surface area contributed by atoms with Crippen LogP contribution in [0, 0.1) is 0 Å². The highest BCUT2D eigenvalue weighted by Crippen LogP contribution is 2.34. The number of H-pyrrole nitrogens is 2. The van der Waals surface area contributed by atoms with Crippen molar-refractivity contribution in [1.82, 2.24) is 35.0 Å². The molecule has 0 saturated heterocycles. The Morgan fingerprint density at radius 1 is 0.943 bits per heavy atom. The van der Waals surface area contributed by atoms with Crippen molar-refractivity contribution in [3.63, 3.8) is 0 Å². The summed E-state index contributed by atoms with van der Waals surface area (Å²) in [4.78, 5) is 18.9. The quantitative estimate of drug-likeness (QED) is 0.350. The molecule has 6 aromatic heterocycles. The van der Waals surface area contributed by atoms with Crippen molar-refractivity contribution < 1.29 is 9.15 Å². The average Bonchev–Trinajstić information content (AvgIpc) is 3.62. The maximum absolute atomic E-state index is 5.85. The molecule has 2 N–H and O–H groups in total. The second-order valence-electron chi connectivity index (χ2n) is 8.59. The lowest BCUT2D eigenvalue weighted by Crippen LogP contribution is -2.19. The predicted molar refractivity (Wildman–Crippen MR) is 134 cm³/mol. The van der Waals surface area contributed by atoms with Crippen molar-refractivity contribution in [3.05, 3.63) is 67.8 Å². The summed E-state index contributed by atoms with van der Waals surface area (Å²) in [5, 5.41) is 9.68. The number of aromatic nitrogens is 6. The van der Waals surface area contributed by atoms with Gasteiger partial charge in [-0.1, -0.05) is 0 Å². The van der Waals surface area contributed by atoms with Crippen molar-refractivity contribution in [2.45, 2.75) is 0 Å². The van der Waals surface area contributed by atoms with Crippen LogP contribution >= 0.6 is 0 Å². The molecule has 0 spiro atoms. The average molecular weight is 466 g/mol. The Labute approximate surface area is 200 Å². The summed E-state index contributed by atoms with van der Waals surface area (Å²) in [7, 11) is 4.03. The fourth-order valence-corrected chi connectivity index (χ4v) is 4.09. The van der Waals surface area contributed by atoms with E-state index in [0.717, 1.165) is 62.1 Å². The molecule has 0 aliphatic rings. The third-order valence-corrected chi connectivity index (χ3v) is 5.90. The zero-order valence-corrected chi connectivity index (χ0v) is 19.3. The molecule has 174 valence electrons. The number of hydrogen-bond donors (Lipinski definition) is 2. The summed E-state index contributed by atoms with van der Waals surface area (Å²) < 4.78 is 11.1. The van der Waals surface area contributed by atoms with Gasteiger partial charge in [0.1, 0.15) is 18.1 Å². The van der Waals surface area contributed by atoms with Crippen molar-refractivity contribution in [3.8, 4) is 39.5 Å². The van der Waals surface area contributed by atoms with Gasteiger partial charge < -0.3 is 19.0 Å². The van der Waals surface area contributed by atoms with Crippen LogP contribution < -0.4 is 4.74 Å². The highest BCUT2D eigenvalue weighted by molar-refractivity contribution is 6.00. The minimum absolute atomic E-state index is 0.590. The van der Waals surface area contributed by atoms with Gasteiger partial charge in [-0.3, -0.25) is 20.1 Å². The molecule has 6 heterocycles. The molecule has 9 nitrogen and oxygen atoms in total. The molecule has 0 unspecified atom stereocenters. The normalized spacial score (nSPS) is 11.6. The molecule has 35 heavy (non-hydrogen) atoms. The SMILES string of the molecule is CN(C)CCOc1cncc(-c2cc3c(-c4cc5c(-c6ccoc6)cncc5[nH]4)n[nH]c3cn2)c1. The highest BCUT2D eigenvalue weighted by atomic mass is 16.5. The number of nitrogens with zero attached hydrogens (tertiary/aromatic N) is 5. The number of rotatable bonds is 7. The van der Waals surface area contributed by atoms with Crippen LogP contribution in [0.15, 0.2) is 72.2 Å². The van der Waals surface area contributed by atoms with E-state index in [1.54, 1.807) is 31.1 Å². The van der Waals surface area contributed by atoms with Gasteiger partial charge in [-0.15, -0.1) is 0 Å². The lowest BCUT2D eigenvalue weighted by molar-refractivity contribution is 0.261. The van der Waals surface area contributed by atoms with Gasteiger partial charge in [0.15, 0.2) is 0 Å². The molecule has 0 amide bonds. The fourth-order valence-electron chi connectivity index (χ4n) is 4.09. The van der Waals surface area contributed by atoms with E-state index >= 15 is 0 Å². The first-order valence-corrected chi connectivity index (χ1v) is 11.2. The Morgan fingerprint density at radius 3 is 2.71 bits per heavy atom. The van der Waals surface area contributed by atoms with Crippen molar-refractivity contribution in [2.75, 3.05) is 27.2 Å². The van der Waals surface area contributed by atoms with Gasteiger partial charge in [0.25, 0.3) is 0 Å². The lowest BCUT2D eigenvalue weighted by Gasteiger charge is -2.11. The number of likely N-dealkylation sites (N-methyl/N-ethyl adjacent to an activating group) is 1. The summed E-state index contributed by atoms with van der Waals surface area (Å²) in [6, 6.07) is 8.01. The van der Waals surface area contributed by atoms with E-state index in [4.69, 9.17) is 9.15 Å². The van der Waals surface area contributed by atoms with Gasteiger partial charge in [0.2, 0.25) is 0 Å². The molecule has 0 saturated carbocycles. The van der Waals surface area contributed by atoms with Crippen LogP contribution in [0.4, 0.5) is 0 Å². The summed E-state index contributed by atoms with van der Waals surface area (Å²) in [6.45, 7) is 1.42. The number of ether oxygens (including phenoxy) is 1. The third kappa shape index (κ3) is 4.02. The zero-order chi connectivity index (χ0) is 23.8. The number of furan rings is 1. The largest absolute Gasteiger partial charge is 0.491 e. The molecule has 0 atom stereocenters. The number of aromatic amines is 2. The summed E-state index contributed by atoms with van der Waals surface area (Å²) >= 11 is 0. The van der Waals surface area contributed by atoms with Crippen LogP contribution in [-0.4, -0.2) is 62.3 Å². The molecule has 0 aromatic carbocycles. The maximum Gasteiger partial charge on any atom is 0.138 e. The monoisotopic (exact) mass is 465 g/mol. The van der Waals surface area contributed by atoms with E-state index in [0.29, 0.717) is 12.4 Å². The van der Waals surface area contributed by atoms with Crippen molar-refractivity contribution in [1.29, 1.82) is 0 Å². The molecule has 9 heteroatoms. The Morgan fingerprint density at radius 2 is 1.86 bits per heavy atom. The van der Waals surface area contributed by atoms with Gasteiger partial charge in [0.05, 0.1) is 53.5 Å². The molecule has 6 aromatic rings. The molecular formula is C26H23N7O2. The molecule has 0 aliphatic carbocycles. The molecule has 0 bridgehead atoms. The van der Waals surface area contributed by atoms with E-state index < -0.39 is 0 Å². The van der Waals surface area contributed by atoms with Crippen molar-refractivity contribution >= 4 is 21.8 Å². The summed E-state index contributed by atoms with van der Waals surface area (Å²) in [5.41, 5.74) is 7.12. The molecule has 6 rings (SSSR count). The summed E-state index contributed by atoms with van der Waals surface area (Å²) in [5.74, 6) is 0.716. The Hall–Kier alpha value is -4.50. The van der Waals surface area contributed by atoms with E-state index in [2.05, 4.69) is 41.1 Å². The minimum atomic E-state index is 0.590. The predicted octanol–water partition coefficient (Wildman–Crippen LogP) is 4.76. The van der Waals surface area contributed by atoms with Crippen LogP contribution in [0.25, 0.3) is 55.6 Å².